The summed E-state index contributed by atoms with van der Waals surface area (Å²) in [7, 11) is 0. The van der Waals surface area contributed by atoms with E-state index in [4.69, 9.17) is 4.74 Å². The molecule has 0 amide bonds. The Balaban J connectivity index is 3.01. The molecule has 2 nitrogen and oxygen atoms in total. The van der Waals surface area contributed by atoms with Crippen LogP contribution in [0, 0.1) is 0 Å². The second kappa shape index (κ2) is 13.1. The molecule has 0 N–H and O–H groups in total. The summed E-state index contributed by atoms with van der Waals surface area (Å²) < 4.78 is 5.33. The molecule has 87 valence electrons. The monoisotopic (exact) mass is 211 g/mol. The fourth-order valence-corrected chi connectivity index (χ4v) is 1.22. The van der Waals surface area contributed by atoms with Crippen molar-refractivity contribution in [3.8, 4) is 0 Å². The lowest BCUT2D eigenvalue weighted by Gasteiger charge is -1.99. The SMILES string of the molecule is CCCCC=COCCCCCC=C[O]. The standard InChI is InChI=1S/C13H23O2/c1-2-3-4-9-12-15-13-10-7-5-6-8-11-14/h8-9,11-12H,2-7,10,13H2,1H3. The fourth-order valence-electron chi connectivity index (χ4n) is 1.22. The minimum Gasteiger partial charge on any atom is -0.502 e. The molecule has 0 spiro atoms. The van der Waals surface area contributed by atoms with E-state index in [1.165, 1.54) is 12.8 Å². The molecule has 0 bridgehead atoms. The minimum absolute atomic E-state index is 0.795. The maximum absolute atomic E-state index is 9.98. The molecule has 15 heavy (non-hydrogen) atoms. The number of hydrogen-bond donors (Lipinski definition) is 0. The van der Waals surface area contributed by atoms with Crippen LogP contribution in [-0.4, -0.2) is 6.61 Å². The number of ether oxygens (including phenoxy) is 1. The highest BCUT2D eigenvalue weighted by atomic mass is 16.5. The Morgan fingerprint density at radius 3 is 2.53 bits per heavy atom. The molecule has 0 unspecified atom stereocenters. The maximum atomic E-state index is 9.98. The van der Waals surface area contributed by atoms with Gasteiger partial charge in [0, 0.05) is 0 Å². The van der Waals surface area contributed by atoms with Crippen molar-refractivity contribution in [3.63, 3.8) is 0 Å². The van der Waals surface area contributed by atoms with Gasteiger partial charge in [0.1, 0.15) is 6.26 Å². The van der Waals surface area contributed by atoms with E-state index in [2.05, 4.69) is 13.0 Å². The van der Waals surface area contributed by atoms with Crippen LogP contribution in [0.15, 0.2) is 24.7 Å². The number of rotatable bonds is 10. The normalized spacial score (nSPS) is 11.5. The summed E-state index contributed by atoms with van der Waals surface area (Å²) in [4.78, 5) is 0. The van der Waals surface area contributed by atoms with Crippen molar-refractivity contribution in [2.75, 3.05) is 6.61 Å². The van der Waals surface area contributed by atoms with Crippen molar-refractivity contribution in [2.45, 2.75) is 51.9 Å². The second-order valence-corrected chi connectivity index (χ2v) is 3.61. The molecule has 0 aliphatic rings. The Morgan fingerprint density at radius 2 is 1.80 bits per heavy atom. The lowest BCUT2D eigenvalue weighted by atomic mass is 10.2. The van der Waals surface area contributed by atoms with Crippen LogP contribution < -0.4 is 0 Å². The van der Waals surface area contributed by atoms with Crippen LogP contribution in [0.3, 0.4) is 0 Å². The third-order valence-electron chi connectivity index (χ3n) is 2.15. The zero-order valence-corrected chi connectivity index (χ0v) is 9.78. The van der Waals surface area contributed by atoms with Crippen molar-refractivity contribution in [1.82, 2.24) is 0 Å². The highest BCUT2D eigenvalue weighted by Crippen LogP contribution is 2.01. The summed E-state index contributed by atoms with van der Waals surface area (Å²) in [6.07, 6.45) is 14.2. The first-order chi connectivity index (χ1) is 7.41. The van der Waals surface area contributed by atoms with Crippen molar-refractivity contribution in [1.29, 1.82) is 0 Å². The molecule has 0 heterocycles. The molecule has 0 aliphatic heterocycles. The van der Waals surface area contributed by atoms with E-state index in [9.17, 15) is 5.11 Å². The van der Waals surface area contributed by atoms with Crippen LogP contribution in [0.25, 0.3) is 0 Å². The molecule has 0 aromatic carbocycles. The Kier molecular flexibility index (Phi) is 12.3. The van der Waals surface area contributed by atoms with E-state index in [1.807, 2.05) is 6.26 Å². The smallest absolute Gasteiger partial charge is 0.138 e. The number of unbranched alkanes of at least 4 members (excludes halogenated alkanes) is 5. The van der Waals surface area contributed by atoms with Crippen molar-refractivity contribution in [3.05, 3.63) is 24.7 Å². The zero-order valence-electron chi connectivity index (χ0n) is 9.78. The highest BCUT2D eigenvalue weighted by Gasteiger charge is 1.87. The Labute approximate surface area is 93.6 Å². The lowest BCUT2D eigenvalue weighted by molar-refractivity contribution is 0.240. The predicted molar refractivity (Wildman–Crippen MR) is 62.9 cm³/mol. The highest BCUT2D eigenvalue weighted by molar-refractivity contribution is 4.73. The Morgan fingerprint density at radius 1 is 1.00 bits per heavy atom. The van der Waals surface area contributed by atoms with E-state index in [-0.39, 0.29) is 0 Å². The van der Waals surface area contributed by atoms with Crippen LogP contribution >= 0.6 is 0 Å². The Hall–Kier alpha value is -0.920. The van der Waals surface area contributed by atoms with Gasteiger partial charge in [-0.1, -0.05) is 13.3 Å². The predicted octanol–water partition coefficient (Wildman–Crippen LogP) is 4.21. The fraction of sp³-hybridized carbons (Fsp3) is 0.692. The molecule has 0 fully saturated rings. The summed E-state index contributed by atoms with van der Waals surface area (Å²) in [5.41, 5.74) is 0. The van der Waals surface area contributed by atoms with Crippen LogP contribution in [0.5, 0.6) is 0 Å². The van der Waals surface area contributed by atoms with E-state index < -0.39 is 0 Å². The van der Waals surface area contributed by atoms with Gasteiger partial charge >= 0.3 is 0 Å². The maximum Gasteiger partial charge on any atom is 0.138 e. The van der Waals surface area contributed by atoms with Crippen LogP contribution in [0.4, 0.5) is 0 Å². The quantitative estimate of drug-likeness (QED) is 0.393. The van der Waals surface area contributed by atoms with Gasteiger partial charge < -0.3 is 4.74 Å². The van der Waals surface area contributed by atoms with Crippen LogP contribution in [0.2, 0.25) is 0 Å². The molecule has 0 atom stereocenters. The third-order valence-corrected chi connectivity index (χ3v) is 2.15. The lowest BCUT2D eigenvalue weighted by Crippen LogP contribution is -1.87. The average molecular weight is 211 g/mol. The molecule has 2 heteroatoms. The summed E-state index contributed by atoms with van der Waals surface area (Å²) in [5.74, 6) is 0. The minimum atomic E-state index is 0.795. The topological polar surface area (TPSA) is 29.1 Å². The molecule has 0 aliphatic carbocycles. The molecular weight excluding hydrogens is 188 g/mol. The van der Waals surface area contributed by atoms with Gasteiger partial charge in [0.15, 0.2) is 0 Å². The van der Waals surface area contributed by atoms with Crippen molar-refractivity contribution in [2.24, 2.45) is 0 Å². The summed E-state index contributed by atoms with van der Waals surface area (Å²) in [6.45, 7) is 2.98. The van der Waals surface area contributed by atoms with E-state index in [0.29, 0.717) is 0 Å². The largest absolute Gasteiger partial charge is 0.502 e. The molecule has 0 aromatic heterocycles. The van der Waals surface area contributed by atoms with Crippen molar-refractivity contribution >= 4 is 0 Å². The third kappa shape index (κ3) is 13.1. The first-order valence-electron chi connectivity index (χ1n) is 5.95. The molecule has 0 aromatic rings. The molecule has 0 saturated carbocycles. The van der Waals surface area contributed by atoms with Gasteiger partial charge in [-0.25, -0.2) is 0 Å². The number of hydrogen-bond acceptors (Lipinski definition) is 1. The molecule has 1 radical (unpaired) electrons. The molecule has 0 saturated heterocycles. The van der Waals surface area contributed by atoms with E-state index >= 15 is 0 Å². The number of allylic oxidation sites excluding steroid dienone is 2. The van der Waals surface area contributed by atoms with Crippen LogP contribution in [-0.2, 0) is 9.84 Å². The Bertz CT molecular complexity index is 162. The summed E-state index contributed by atoms with van der Waals surface area (Å²) >= 11 is 0. The second-order valence-electron chi connectivity index (χ2n) is 3.61. The van der Waals surface area contributed by atoms with Gasteiger partial charge in [-0.2, -0.15) is 0 Å². The van der Waals surface area contributed by atoms with E-state index in [0.717, 1.165) is 45.0 Å². The molecule has 0 rings (SSSR count). The molecular formula is C13H23O2. The van der Waals surface area contributed by atoms with Gasteiger partial charge in [-0.15, -0.1) is 0 Å². The van der Waals surface area contributed by atoms with Crippen molar-refractivity contribution < 1.29 is 9.84 Å². The van der Waals surface area contributed by atoms with Crippen LogP contribution in [0.1, 0.15) is 51.9 Å². The van der Waals surface area contributed by atoms with Gasteiger partial charge in [-0.3, -0.25) is 5.11 Å². The summed E-state index contributed by atoms with van der Waals surface area (Å²) in [5, 5.41) is 9.98. The van der Waals surface area contributed by atoms with Gasteiger partial charge in [0.25, 0.3) is 0 Å². The van der Waals surface area contributed by atoms with Gasteiger partial charge in [-0.05, 0) is 50.7 Å². The first kappa shape index (κ1) is 14.1. The summed E-state index contributed by atoms with van der Waals surface area (Å²) in [6, 6.07) is 0. The first-order valence-corrected chi connectivity index (χ1v) is 5.95. The zero-order chi connectivity index (χ0) is 11.2. The van der Waals surface area contributed by atoms with E-state index in [1.54, 1.807) is 6.08 Å². The van der Waals surface area contributed by atoms with Gasteiger partial charge in [0.2, 0.25) is 0 Å². The average Bonchev–Trinajstić information content (AvgIpc) is 2.26. The van der Waals surface area contributed by atoms with Gasteiger partial charge in [0.05, 0.1) is 12.9 Å².